The molecule has 2 aromatic rings. The lowest BCUT2D eigenvalue weighted by molar-refractivity contribution is 0.510. The van der Waals surface area contributed by atoms with Crippen LogP contribution in [0.2, 0.25) is 5.15 Å². The third kappa shape index (κ3) is 7.15. The maximum Gasteiger partial charge on any atom is 0.191 e. The Balaban J connectivity index is 0.00000243. The summed E-state index contributed by atoms with van der Waals surface area (Å²) >= 11 is 5.83. The van der Waals surface area contributed by atoms with Gasteiger partial charge in [-0.05, 0) is 43.0 Å². The Kier molecular flexibility index (Phi) is 9.25. The predicted molar refractivity (Wildman–Crippen MR) is 116 cm³/mol. The van der Waals surface area contributed by atoms with Crippen LogP contribution in [0.25, 0.3) is 0 Å². The van der Waals surface area contributed by atoms with Crippen molar-refractivity contribution >= 4 is 41.5 Å². The van der Waals surface area contributed by atoms with Gasteiger partial charge < -0.3 is 15.1 Å². The van der Waals surface area contributed by atoms with Gasteiger partial charge in [0, 0.05) is 31.7 Å². The van der Waals surface area contributed by atoms with Crippen LogP contribution in [0.15, 0.2) is 46.1 Å². The highest BCUT2D eigenvalue weighted by Crippen LogP contribution is 2.17. The van der Waals surface area contributed by atoms with Crippen molar-refractivity contribution in [1.29, 1.82) is 0 Å². The van der Waals surface area contributed by atoms with Crippen molar-refractivity contribution in [2.75, 3.05) is 13.1 Å². The van der Waals surface area contributed by atoms with Gasteiger partial charge in [0.2, 0.25) is 0 Å². The third-order valence-electron chi connectivity index (χ3n) is 4.40. The van der Waals surface area contributed by atoms with E-state index in [0.29, 0.717) is 17.7 Å². The summed E-state index contributed by atoms with van der Waals surface area (Å²) in [5, 5.41) is 7.53. The number of halogens is 2. The predicted octanol–water partition coefficient (Wildman–Crippen LogP) is 4.21. The molecule has 0 unspecified atom stereocenters. The van der Waals surface area contributed by atoms with Crippen molar-refractivity contribution in [3.8, 4) is 0 Å². The molecule has 3 rings (SSSR count). The number of hydrogen-bond acceptors (Lipinski definition) is 3. The van der Waals surface area contributed by atoms with E-state index in [1.54, 1.807) is 6.26 Å². The lowest BCUT2D eigenvalue weighted by Gasteiger charge is -2.17. The molecule has 2 aromatic heterocycles. The summed E-state index contributed by atoms with van der Waals surface area (Å²) in [7, 11) is 0. The third-order valence-corrected chi connectivity index (χ3v) is 4.62. The molecule has 1 aliphatic rings. The van der Waals surface area contributed by atoms with Gasteiger partial charge in [0.1, 0.15) is 10.9 Å². The molecule has 0 spiro atoms. The summed E-state index contributed by atoms with van der Waals surface area (Å²) in [4.78, 5) is 8.82. The zero-order chi connectivity index (χ0) is 17.3. The van der Waals surface area contributed by atoms with E-state index in [2.05, 4.69) is 15.6 Å². The maximum atomic E-state index is 5.83. The van der Waals surface area contributed by atoms with E-state index in [0.717, 1.165) is 36.7 Å². The van der Waals surface area contributed by atoms with Crippen LogP contribution in [0.4, 0.5) is 0 Å². The average molecular weight is 489 g/mol. The molecule has 0 amide bonds. The van der Waals surface area contributed by atoms with Crippen molar-refractivity contribution in [1.82, 2.24) is 15.6 Å². The number of nitrogens with zero attached hydrogens (tertiary/aromatic N) is 2. The first kappa shape index (κ1) is 21.0. The molecule has 26 heavy (non-hydrogen) atoms. The van der Waals surface area contributed by atoms with Crippen LogP contribution >= 0.6 is 35.6 Å². The molecule has 0 aliphatic heterocycles. The number of aromatic nitrogens is 1. The molecule has 0 radical (unpaired) electrons. The van der Waals surface area contributed by atoms with Gasteiger partial charge in [0.05, 0.1) is 6.26 Å². The molecule has 142 valence electrons. The summed E-state index contributed by atoms with van der Waals surface area (Å²) in [6, 6.07) is 8.27. The highest BCUT2D eigenvalue weighted by molar-refractivity contribution is 14.0. The largest absolute Gasteiger partial charge is 0.469 e. The number of furan rings is 1. The van der Waals surface area contributed by atoms with Crippen LogP contribution in [0, 0.1) is 0 Å². The number of guanidine groups is 1. The fourth-order valence-corrected chi connectivity index (χ4v) is 3.14. The first-order valence-corrected chi connectivity index (χ1v) is 9.35. The van der Waals surface area contributed by atoms with Crippen molar-refractivity contribution < 1.29 is 4.42 Å². The van der Waals surface area contributed by atoms with E-state index >= 15 is 0 Å². The molecule has 1 aliphatic carbocycles. The Morgan fingerprint density at radius 2 is 2.08 bits per heavy atom. The van der Waals surface area contributed by atoms with Gasteiger partial charge >= 0.3 is 0 Å². The Hall–Kier alpha value is -1.28. The van der Waals surface area contributed by atoms with Crippen LogP contribution < -0.4 is 10.6 Å². The van der Waals surface area contributed by atoms with Gasteiger partial charge in [-0.15, -0.1) is 24.0 Å². The fraction of sp³-hybridized carbons (Fsp3) is 0.474. The van der Waals surface area contributed by atoms with Crippen LogP contribution in [-0.4, -0.2) is 30.1 Å². The first-order chi connectivity index (χ1) is 12.3. The molecule has 5 nitrogen and oxygen atoms in total. The van der Waals surface area contributed by atoms with Crippen LogP contribution in [0.5, 0.6) is 0 Å². The molecule has 0 aromatic carbocycles. The summed E-state index contributed by atoms with van der Waals surface area (Å²) in [6.07, 6.45) is 10.3. The molecule has 2 N–H and O–H groups in total. The number of aliphatic imine (C=N–C) groups is 1. The Bertz CT molecular complexity index is 655. The summed E-state index contributed by atoms with van der Waals surface area (Å²) < 4.78 is 5.37. The van der Waals surface area contributed by atoms with Crippen LogP contribution in [0.1, 0.15) is 37.0 Å². The fourth-order valence-electron chi connectivity index (χ4n) is 3.03. The molecule has 0 bridgehead atoms. The second-order valence-corrected chi connectivity index (χ2v) is 6.74. The first-order valence-electron chi connectivity index (χ1n) is 8.97. The molecule has 7 heteroatoms. The van der Waals surface area contributed by atoms with E-state index in [9.17, 15) is 0 Å². The minimum Gasteiger partial charge on any atom is -0.469 e. The molecular formula is C19H26ClIN4O. The molecular weight excluding hydrogens is 463 g/mol. The van der Waals surface area contributed by atoms with Gasteiger partial charge in [0.15, 0.2) is 5.96 Å². The normalized spacial score (nSPS) is 14.9. The zero-order valence-electron chi connectivity index (χ0n) is 14.8. The number of pyridine rings is 1. The number of rotatable bonds is 7. The summed E-state index contributed by atoms with van der Waals surface area (Å²) in [5.74, 6) is 1.86. The Morgan fingerprint density at radius 1 is 1.23 bits per heavy atom. The topological polar surface area (TPSA) is 62.5 Å². The highest BCUT2D eigenvalue weighted by Gasteiger charge is 2.16. The number of hydrogen-bond donors (Lipinski definition) is 2. The smallest absolute Gasteiger partial charge is 0.191 e. The van der Waals surface area contributed by atoms with Gasteiger partial charge in [0.25, 0.3) is 0 Å². The van der Waals surface area contributed by atoms with E-state index < -0.39 is 0 Å². The van der Waals surface area contributed by atoms with Gasteiger partial charge in [-0.3, -0.25) is 4.99 Å². The minimum absolute atomic E-state index is 0. The average Bonchev–Trinajstić information content (AvgIpc) is 3.30. The second kappa shape index (κ2) is 11.4. The van der Waals surface area contributed by atoms with E-state index in [-0.39, 0.29) is 24.0 Å². The molecule has 2 heterocycles. The molecule has 0 atom stereocenters. The summed E-state index contributed by atoms with van der Waals surface area (Å²) in [5.41, 5.74) is 1.16. The Labute approximate surface area is 177 Å². The van der Waals surface area contributed by atoms with E-state index in [1.807, 2.05) is 30.5 Å². The minimum atomic E-state index is 0. The summed E-state index contributed by atoms with van der Waals surface area (Å²) in [6.45, 7) is 1.51. The van der Waals surface area contributed by atoms with Gasteiger partial charge in [-0.2, -0.15) is 0 Å². The SMILES string of the molecule is Clc1ccc(CCNC(=NCCc2ccco2)NC2CCCC2)cn1.I. The standard InChI is InChI=1S/C19H25ClN4O.HI/c20-18-8-7-15(14-23-18)9-11-21-19(24-16-4-1-2-5-16)22-12-10-17-6-3-13-25-17;/h3,6-8,13-14,16H,1-2,4-5,9-12H2,(H2,21,22,24);1H. The number of nitrogens with one attached hydrogen (secondary N) is 2. The molecule has 1 fully saturated rings. The lowest BCUT2D eigenvalue weighted by Crippen LogP contribution is -2.43. The zero-order valence-corrected chi connectivity index (χ0v) is 17.9. The highest BCUT2D eigenvalue weighted by atomic mass is 127. The quantitative estimate of drug-likeness (QED) is 0.265. The van der Waals surface area contributed by atoms with Crippen molar-refractivity contribution in [3.63, 3.8) is 0 Å². The van der Waals surface area contributed by atoms with Crippen molar-refractivity contribution in [2.24, 2.45) is 4.99 Å². The molecule has 1 saturated carbocycles. The lowest BCUT2D eigenvalue weighted by atomic mass is 10.2. The van der Waals surface area contributed by atoms with Crippen LogP contribution in [-0.2, 0) is 12.8 Å². The monoisotopic (exact) mass is 488 g/mol. The molecule has 0 saturated heterocycles. The second-order valence-electron chi connectivity index (χ2n) is 6.35. The van der Waals surface area contributed by atoms with Gasteiger partial charge in [-0.1, -0.05) is 30.5 Å². The van der Waals surface area contributed by atoms with Crippen LogP contribution in [0.3, 0.4) is 0 Å². The van der Waals surface area contributed by atoms with E-state index in [4.69, 9.17) is 21.0 Å². The van der Waals surface area contributed by atoms with E-state index in [1.165, 1.54) is 25.7 Å². The maximum absolute atomic E-state index is 5.83. The van der Waals surface area contributed by atoms with Gasteiger partial charge in [-0.25, -0.2) is 4.98 Å². The van der Waals surface area contributed by atoms with Crippen molar-refractivity contribution in [2.45, 2.75) is 44.6 Å². The van der Waals surface area contributed by atoms with Crippen molar-refractivity contribution in [3.05, 3.63) is 53.2 Å². The Morgan fingerprint density at radius 3 is 2.77 bits per heavy atom.